The molecule has 0 radical (unpaired) electrons. The van der Waals surface area contributed by atoms with Gasteiger partial charge in [-0.3, -0.25) is 9.69 Å². The van der Waals surface area contributed by atoms with Gasteiger partial charge in [0.25, 0.3) is 0 Å². The Morgan fingerprint density at radius 1 is 1.25 bits per heavy atom. The molecule has 1 N–H and O–H groups in total. The zero-order chi connectivity index (χ0) is 14.1. The van der Waals surface area contributed by atoms with E-state index >= 15 is 0 Å². The van der Waals surface area contributed by atoms with Crippen LogP contribution < -0.4 is 0 Å². The minimum absolute atomic E-state index is 0.131. The number of ketones is 1. The number of hydrogen-bond acceptors (Lipinski definition) is 3. The normalized spacial score (nSPS) is 29.6. The summed E-state index contributed by atoms with van der Waals surface area (Å²) in [5.41, 5.74) is 0.192. The number of benzene rings is 1. The van der Waals surface area contributed by atoms with Crippen molar-refractivity contribution in [1.29, 1.82) is 0 Å². The summed E-state index contributed by atoms with van der Waals surface area (Å²) in [6.45, 7) is 0.676. The third kappa shape index (κ3) is 2.63. The maximum absolute atomic E-state index is 13.6. The molecule has 0 saturated carbocycles. The lowest BCUT2D eigenvalue weighted by molar-refractivity contribution is 0.0348. The van der Waals surface area contributed by atoms with Gasteiger partial charge in [-0.15, -0.1) is 0 Å². The largest absolute Gasteiger partial charge is 0.393 e. The van der Waals surface area contributed by atoms with E-state index in [4.69, 9.17) is 0 Å². The van der Waals surface area contributed by atoms with Crippen molar-refractivity contribution in [3.63, 3.8) is 0 Å². The Balaban J connectivity index is 1.60. The zero-order valence-corrected chi connectivity index (χ0v) is 11.5. The van der Waals surface area contributed by atoms with Crippen LogP contribution in [0.25, 0.3) is 0 Å². The molecule has 2 aliphatic rings. The highest BCUT2D eigenvalue weighted by atomic mass is 19.1. The number of carbonyl (C=O) groups is 1. The van der Waals surface area contributed by atoms with Gasteiger partial charge in [0.1, 0.15) is 5.82 Å². The monoisotopic (exact) mass is 277 g/mol. The summed E-state index contributed by atoms with van der Waals surface area (Å²) in [7, 11) is 0. The van der Waals surface area contributed by atoms with E-state index in [1.165, 1.54) is 6.07 Å². The summed E-state index contributed by atoms with van der Waals surface area (Å²) in [6.07, 6.45) is 4.00. The van der Waals surface area contributed by atoms with Gasteiger partial charge in [0.2, 0.25) is 0 Å². The molecule has 4 heteroatoms. The molecule has 2 fully saturated rings. The minimum Gasteiger partial charge on any atom is -0.393 e. The van der Waals surface area contributed by atoms with Crippen LogP contribution in [0, 0.1) is 5.82 Å². The van der Waals surface area contributed by atoms with Crippen LogP contribution in [0.5, 0.6) is 0 Å². The fourth-order valence-corrected chi connectivity index (χ4v) is 3.66. The Kier molecular flexibility index (Phi) is 3.85. The molecular formula is C16H20FNO2. The molecule has 2 aliphatic heterocycles. The number of hydrogen-bond donors (Lipinski definition) is 1. The van der Waals surface area contributed by atoms with E-state index in [0.717, 1.165) is 25.7 Å². The van der Waals surface area contributed by atoms with Gasteiger partial charge < -0.3 is 5.11 Å². The van der Waals surface area contributed by atoms with E-state index in [1.54, 1.807) is 18.2 Å². The lowest BCUT2D eigenvalue weighted by Gasteiger charge is -2.37. The molecule has 20 heavy (non-hydrogen) atoms. The fourth-order valence-electron chi connectivity index (χ4n) is 3.66. The Bertz CT molecular complexity index is 491. The average Bonchev–Trinajstić information content (AvgIpc) is 2.67. The van der Waals surface area contributed by atoms with Crippen molar-refractivity contribution >= 4 is 5.78 Å². The predicted octanol–water partition coefficient (Wildman–Crippen LogP) is 2.39. The zero-order valence-electron chi connectivity index (χ0n) is 11.5. The number of fused-ring (bicyclic) bond motifs is 2. The molecule has 108 valence electrons. The van der Waals surface area contributed by atoms with E-state index in [9.17, 15) is 14.3 Å². The third-order valence-corrected chi connectivity index (χ3v) is 4.63. The number of Topliss-reactive ketones (excluding diaryl/α,β-unsaturated/α-hetero) is 1. The van der Waals surface area contributed by atoms with Crippen LogP contribution in [-0.4, -0.2) is 40.5 Å². The molecule has 0 aromatic heterocycles. The van der Waals surface area contributed by atoms with Crippen molar-refractivity contribution in [2.75, 3.05) is 6.54 Å². The van der Waals surface area contributed by atoms with Gasteiger partial charge in [-0.1, -0.05) is 12.1 Å². The van der Waals surface area contributed by atoms with E-state index in [1.807, 2.05) is 0 Å². The SMILES string of the molecule is O=C(CCN1C2CCC1CC(O)C2)c1ccccc1F. The van der Waals surface area contributed by atoms with Crippen molar-refractivity contribution in [3.8, 4) is 0 Å². The first kappa shape index (κ1) is 13.7. The van der Waals surface area contributed by atoms with E-state index in [2.05, 4.69) is 4.90 Å². The summed E-state index contributed by atoms with van der Waals surface area (Å²) >= 11 is 0. The van der Waals surface area contributed by atoms with Crippen molar-refractivity contribution in [2.45, 2.75) is 50.3 Å². The van der Waals surface area contributed by atoms with Crippen LogP contribution in [0.3, 0.4) is 0 Å². The Morgan fingerprint density at radius 2 is 1.90 bits per heavy atom. The first-order valence-corrected chi connectivity index (χ1v) is 7.36. The van der Waals surface area contributed by atoms with Crippen molar-refractivity contribution in [3.05, 3.63) is 35.6 Å². The molecule has 3 rings (SSSR count). The highest BCUT2D eigenvalue weighted by Crippen LogP contribution is 2.35. The van der Waals surface area contributed by atoms with Crippen LogP contribution in [0.15, 0.2) is 24.3 Å². The molecule has 1 aromatic carbocycles. The smallest absolute Gasteiger partial charge is 0.167 e. The first-order chi connectivity index (χ1) is 9.65. The second kappa shape index (κ2) is 5.62. The van der Waals surface area contributed by atoms with Gasteiger partial charge in [0.15, 0.2) is 5.78 Å². The molecule has 0 spiro atoms. The standard InChI is InChI=1S/C16H20FNO2/c17-15-4-2-1-3-14(15)16(20)7-8-18-11-5-6-12(18)10-13(19)9-11/h1-4,11-13,19H,5-10H2. The van der Waals surface area contributed by atoms with Gasteiger partial charge in [0, 0.05) is 25.0 Å². The van der Waals surface area contributed by atoms with Crippen LogP contribution in [0.2, 0.25) is 0 Å². The molecule has 0 aliphatic carbocycles. The van der Waals surface area contributed by atoms with Crippen molar-refractivity contribution in [2.24, 2.45) is 0 Å². The van der Waals surface area contributed by atoms with Gasteiger partial charge >= 0.3 is 0 Å². The molecule has 3 nitrogen and oxygen atoms in total. The maximum Gasteiger partial charge on any atom is 0.167 e. The average molecular weight is 277 g/mol. The number of aliphatic hydroxyl groups excluding tert-OH is 1. The molecule has 1 aromatic rings. The number of halogens is 1. The topological polar surface area (TPSA) is 40.5 Å². The van der Waals surface area contributed by atoms with E-state index in [0.29, 0.717) is 25.0 Å². The molecule has 0 amide bonds. The number of nitrogens with zero attached hydrogens (tertiary/aromatic N) is 1. The van der Waals surface area contributed by atoms with Gasteiger partial charge in [-0.25, -0.2) is 4.39 Å². The van der Waals surface area contributed by atoms with E-state index in [-0.39, 0.29) is 17.5 Å². The lowest BCUT2D eigenvalue weighted by atomic mass is 9.99. The highest BCUT2D eigenvalue weighted by molar-refractivity contribution is 5.96. The molecule has 2 saturated heterocycles. The third-order valence-electron chi connectivity index (χ3n) is 4.63. The number of piperidine rings is 1. The second-order valence-corrected chi connectivity index (χ2v) is 5.90. The Hall–Kier alpha value is -1.26. The second-order valence-electron chi connectivity index (χ2n) is 5.90. The summed E-state index contributed by atoms with van der Waals surface area (Å²) in [5, 5.41) is 9.76. The molecule has 2 bridgehead atoms. The van der Waals surface area contributed by atoms with Crippen LogP contribution in [0.1, 0.15) is 42.5 Å². The van der Waals surface area contributed by atoms with Crippen LogP contribution in [-0.2, 0) is 0 Å². The lowest BCUT2D eigenvalue weighted by Crippen LogP contribution is -2.45. The maximum atomic E-state index is 13.6. The number of rotatable bonds is 4. The summed E-state index contributed by atoms with van der Waals surface area (Å²) in [5.74, 6) is -0.567. The van der Waals surface area contributed by atoms with Crippen molar-refractivity contribution in [1.82, 2.24) is 4.90 Å². The highest BCUT2D eigenvalue weighted by Gasteiger charge is 2.39. The van der Waals surface area contributed by atoms with E-state index < -0.39 is 5.82 Å². The summed E-state index contributed by atoms with van der Waals surface area (Å²) in [6, 6.07) is 6.96. The predicted molar refractivity (Wildman–Crippen MR) is 74.1 cm³/mol. The van der Waals surface area contributed by atoms with Gasteiger partial charge in [-0.05, 0) is 37.8 Å². The van der Waals surface area contributed by atoms with Gasteiger partial charge in [0.05, 0.1) is 11.7 Å². The van der Waals surface area contributed by atoms with Crippen LogP contribution in [0.4, 0.5) is 4.39 Å². The fraction of sp³-hybridized carbons (Fsp3) is 0.562. The minimum atomic E-state index is -0.436. The van der Waals surface area contributed by atoms with Crippen molar-refractivity contribution < 1.29 is 14.3 Å². The summed E-state index contributed by atoms with van der Waals surface area (Å²) < 4.78 is 13.6. The molecular weight excluding hydrogens is 257 g/mol. The Morgan fingerprint density at radius 3 is 2.55 bits per heavy atom. The number of aliphatic hydroxyl groups is 1. The first-order valence-electron chi connectivity index (χ1n) is 7.36. The Labute approximate surface area is 118 Å². The van der Waals surface area contributed by atoms with Crippen LogP contribution >= 0.6 is 0 Å². The van der Waals surface area contributed by atoms with Gasteiger partial charge in [-0.2, -0.15) is 0 Å². The quantitative estimate of drug-likeness (QED) is 0.859. The molecule has 2 heterocycles. The molecule has 2 unspecified atom stereocenters. The summed E-state index contributed by atoms with van der Waals surface area (Å²) in [4.78, 5) is 14.4. The molecule has 2 atom stereocenters. The number of carbonyl (C=O) groups excluding carboxylic acids is 1.